The summed E-state index contributed by atoms with van der Waals surface area (Å²) in [6, 6.07) is 8.87. The Morgan fingerprint density at radius 2 is 1.89 bits per heavy atom. The first-order chi connectivity index (χ1) is 8.70. The van der Waals surface area contributed by atoms with Gasteiger partial charge in [-0.05, 0) is 0 Å². The van der Waals surface area contributed by atoms with Gasteiger partial charge in [0.15, 0.2) is 0 Å². The fourth-order valence-corrected chi connectivity index (χ4v) is 3.49. The van der Waals surface area contributed by atoms with Crippen LogP contribution in [-0.4, -0.2) is 26.9 Å². The zero-order chi connectivity index (χ0) is 13.0. The summed E-state index contributed by atoms with van der Waals surface area (Å²) in [6.45, 7) is 0. The standard InChI is InChI=1S/C14H17IN2O/c1-15(2)12-6-4-11(5-7-12)8-13-14(18-3)9-16-10-17-13/h4-7,9-10H,8H2,1-3H3. The molecule has 0 radical (unpaired) electrons. The van der Waals surface area contributed by atoms with Crippen LogP contribution in [0, 0.1) is 3.57 Å². The molecule has 96 valence electrons. The molecule has 0 N–H and O–H groups in total. The van der Waals surface area contributed by atoms with Crippen LogP contribution in [-0.2, 0) is 6.42 Å². The van der Waals surface area contributed by atoms with E-state index in [-0.39, 0.29) is 0 Å². The first-order valence-corrected chi connectivity index (χ1v) is 11.0. The number of halogens is 1. The second kappa shape index (κ2) is 6.13. The van der Waals surface area contributed by atoms with Crippen molar-refractivity contribution < 1.29 is 4.74 Å². The van der Waals surface area contributed by atoms with E-state index in [0.717, 1.165) is 17.9 Å². The summed E-state index contributed by atoms with van der Waals surface area (Å²) in [5.74, 6) is 0.751. The molecular formula is C14H17IN2O. The molecule has 0 aliphatic rings. The molecule has 0 saturated heterocycles. The molecule has 0 spiro atoms. The molecule has 1 heterocycles. The van der Waals surface area contributed by atoms with E-state index in [1.54, 1.807) is 19.6 Å². The molecular weight excluding hydrogens is 339 g/mol. The van der Waals surface area contributed by atoms with Crippen LogP contribution in [0.25, 0.3) is 0 Å². The minimum atomic E-state index is -0.862. The van der Waals surface area contributed by atoms with E-state index in [4.69, 9.17) is 4.74 Å². The third-order valence-electron chi connectivity index (χ3n) is 2.70. The molecule has 1 aromatic carbocycles. The Labute approximate surface area is 115 Å². The normalized spacial score (nSPS) is 11.2. The van der Waals surface area contributed by atoms with Gasteiger partial charge in [-0.25, -0.2) is 0 Å². The summed E-state index contributed by atoms with van der Waals surface area (Å²) in [5.41, 5.74) is 2.19. The third-order valence-corrected chi connectivity index (χ3v) is 5.91. The molecule has 0 atom stereocenters. The molecule has 18 heavy (non-hydrogen) atoms. The van der Waals surface area contributed by atoms with Crippen molar-refractivity contribution >= 4 is 19.8 Å². The van der Waals surface area contributed by atoms with Gasteiger partial charge in [-0.2, -0.15) is 0 Å². The van der Waals surface area contributed by atoms with Gasteiger partial charge in [0, 0.05) is 0 Å². The van der Waals surface area contributed by atoms with Gasteiger partial charge in [0.2, 0.25) is 0 Å². The first-order valence-electron chi connectivity index (χ1n) is 5.62. The van der Waals surface area contributed by atoms with Crippen molar-refractivity contribution in [2.45, 2.75) is 6.42 Å². The van der Waals surface area contributed by atoms with Crippen molar-refractivity contribution in [3.05, 3.63) is 51.6 Å². The van der Waals surface area contributed by atoms with Gasteiger partial charge >= 0.3 is 115 Å². The van der Waals surface area contributed by atoms with Crippen molar-refractivity contribution in [1.82, 2.24) is 9.97 Å². The van der Waals surface area contributed by atoms with E-state index in [9.17, 15) is 0 Å². The second-order valence-electron chi connectivity index (χ2n) is 4.10. The molecule has 0 unspecified atom stereocenters. The van der Waals surface area contributed by atoms with Gasteiger partial charge in [-0.15, -0.1) is 0 Å². The SMILES string of the molecule is COc1cncnc1Cc1ccc(I(C)C)cc1. The van der Waals surface area contributed by atoms with E-state index in [1.807, 2.05) is 0 Å². The van der Waals surface area contributed by atoms with Gasteiger partial charge in [0.05, 0.1) is 0 Å². The van der Waals surface area contributed by atoms with Crippen LogP contribution in [0.5, 0.6) is 5.75 Å². The fourth-order valence-electron chi connectivity index (χ4n) is 1.69. The van der Waals surface area contributed by atoms with Gasteiger partial charge in [-0.1, -0.05) is 0 Å². The topological polar surface area (TPSA) is 35.0 Å². The maximum absolute atomic E-state index is 5.26. The summed E-state index contributed by atoms with van der Waals surface area (Å²) in [4.78, 5) is 12.9. The molecule has 2 rings (SSSR count). The Hall–Kier alpha value is -1.17. The minimum absolute atomic E-state index is 0.751. The van der Waals surface area contributed by atoms with Crippen LogP contribution in [0.2, 0.25) is 0 Å². The van der Waals surface area contributed by atoms with Crippen molar-refractivity contribution in [3.63, 3.8) is 0 Å². The number of ether oxygens (including phenoxy) is 1. The molecule has 2 aromatic rings. The molecule has 3 nitrogen and oxygen atoms in total. The van der Waals surface area contributed by atoms with Crippen molar-refractivity contribution in [3.8, 4) is 5.75 Å². The summed E-state index contributed by atoms with van der Waals surface area (Å²) >= 11 is -0.862. The number of hydrogen-bond donors (Lipinski definition) is 0. The van der Waals surface area contributed by atoms with Crippen LogP contribution >= 0.6 is 19.8 Å². The Balaban J connectivity index is 2.18. The van der Waals surface area contributed by atoms with Crippen LogP contribution < -0.4 is 4.74 Å². The van der Waals surface area contributed by atoms with Crippen LogP contribution in [0.15, 0.2) is 36.8 Å². The molecule has 0 saturated carbocycles. The van der Waals surface area contributed by atoms with Gasteiger partial charge < -0.3 is 0 Å². The predicted molar refractivity (Wildman–Crippen MR) is 82.4 cm³/mol. The average molecular weight is 356 g/mol. The number of rotatable bonds is 4. The molecule has 4 heteroatoms. The third kappa shape index (κ3) is 3.19. The van der Waals surface area contributed by atoms with Gasteiger partial charge in [0.1, 0.15) is 0 Å². The predicted octanol–water partition coefficient (Wildman–Crippen LogP) is 3.01. The number of benzene rings is 1. The van der Waals surface area contributed by atoms with E-state index in [1.165, 1.54) is 9.13 Å². The zero-order valence-corrected chi connectivity index (χ0v) is 13.0. The number of hydrogen-bond acceptors (Lipinski definition) is 3. The van der Waals surface area contributed by atoms with E-state index in [2.05, 4.69) is 44.1 Å². The quantitative estimate of drug-likeness (QED) is 0.624. The second-order valence-corrected chi connectivity index (χ2v) is 9.66. The Morgan fingerprint density at radius 3 is 2.50 bits per heavy atom. The van der Waals surface area contributed by atoms with Crippen LogP contribution in [0.1, 0.15) is 11.3 Å². The maximum atomic E-state index is 5.26. The summed E-state index contributed by atoms with van der Waals surface area (Å²) in [7, 11) is 1.65. The summed E-state index contributed by atoms with van der Waals surface area (Å²) in [5, 5.41) is 0. The fraction of sp³-hybridized carbons (Fsp3) is 0.286. The Bertz CT molecular complexity index is 511. The monoisotopic (exact) mass is 356 g/mol. The molecule has 0 bridgehead atoms. The molecule has 0 aliphatic heterocycles. The molecule has 0 fully saturated rings. The van der Waals surface area contributed by atoms with Crippen molar-refractivity contribution in [2.24, 2.45) is 0 Å². The Kier molecular flexibility index (Phi) is 4.52. The van der Waals surface area contributed by atoms with E-state index < -0.39 is 19.8 Å². The van der Waals surface area contributed by atoms with Gasteiger partial charge in [0.25, 0.3) is 0 Å². The Morgan fingerprint density at radius 1 is 1.17 bits per heavy atom. The molecule has 0 aliphatic carbocycles. The summed E-state index contributed by atoms with van der Waals surface area (Å²) in [6.07, 6.45) is 4.06. The number of nitrogens with zero attached hydrogens (tertiary/aromatic N) is 2. The zero-order valence-electron chi connectivity index (χ0n) is 10.9. The van der Waals surface area contributed by atoms with E-state index in [0.29, 0.717) is 0 Å². The van der Waals surface area contributed by atoms with Crippen molar-refractivity contribution in [1.29, 1.82) is 0 Å². The van der Waals surface area contributed by atoms with Crippen LogP contribution in [0.3, 0.4) is 0 Å². The number of methoxy groups -OCH3 is 1. The van der Waals surface area contributed by atoms with Crippen LogP contribution in [0.4, 0.5) is 0 Å². The summed E-state index contributed by atoms with van der Waals surface area (Å²) < 4.78 is 6.77. The molecule has 1 aromatic heterocycles. The van der Waals surface area contributed by atoms with Crippen molar-refractivity contribution in [2.75, 3.05) is 17.0 Å². The first kappa shape index (κ1) is 13.3. The van der Waals surface area contributed by atoms with E-state index >= 15 is 0 Å². The van der Waals surface area contributed by atoms with Gasteiger partial charge in [-0.3, -0.25) is 0 Å². The average Bonchev–Trinajstić information content (AvgIpc) is 2.40. The molecule has 0 amide bonds. The number of alkyl halides is 2. The number of aromatic nitrogens is 2.